The van der Waals surface area contributed by atoms with E-state index in [1.165, 1.54) is 6.20 Å². The molecule has 0 saturated carbocycles. The zero-order valence-electron chi connectivity index (χ0n) is 8.75. The van der Waals surface area contributed by atoms with E-state index in [0.29, 0.717) is 10.8 Å². The summed E-state index contributed by atoms with van der Waals surface area (Å²) in [6, 6.07) is 0. The summed E-state index contributed by atoms with van der Waals surface area (Å²) in [6.07, 6.45) is 0.861. The lowest BCUT2D eigenvalue weighted by Gasteiger charge is -2.30. The van der Waals surface area contributed by atoms with Crippen molar-refractivity contribution < 1.29 is 5.11 Å². The van der Waals surface area contributed by atoms with Gasteiger partial charge in [0.25, 0.3) is 0 Å². The summed E-state index contributed by atoms with van der Waals surface area (Å²) in [5, 5.41) is 13.0. The zero-order chi connectivity index (χ0) is 11.6. The minimum absolute atomic E-state index is 0.114. The van der Waals surface area contributed by atoms with Crippen LogP contribution in [-0.2, 0) is 0 Å². The van der Waals surface area contributed by atoms with Gasteiger partial charge in [-0.2, -0.15) is 4.98 Å². The number of aliphatic hydroxyl groups is 1. The summed E-state index contributed by atoms with van der Waals surface area (Å²) in [7, 11) is 0. The average Bonchev–Trinajstić information content (AvgIpc) is 2.10. The van der Waals surface area contributed by atoms with Crippen molar-refractivity contribution in [2.45, 2.75) is 32.4 Å². The molecule has 1 rings (SSSR count). The highest BCUT2D eigenvalue weighted by Crippen LogP contribution is 2.24. The summed E-state index contributed by atoms with van der Waals surface area (Å²) >= 11 is 11.5. The molecule has 4 nitrogen and oxygen atoms in total. The molecule has 0 aliphatic heterocycles. The molecular weight excluding hydrogens is 237 g/mol. The molecule has 0 fully saturated rings. The standard InChI is InChI=1S/C9H13Cl2N3O/c1-5(15)9(2,3)14-7-6(10)4-12-8(11)13-7/h4-5,15H,1-3H3,(H,12,13,14). The van der Waals surface area contributed by atoms with E-state index in [9.17, 15) is 5.11 Å². The van der Waals surface area contributed by atoms with Gasteiger partial charge < -0.3 is 10.4 Å². The number of nitrogens with one attached hydrogen (secondary N) is 1. The number of aliphatic hydroxyl groups excluding tert-OH is 1. The molecule has 84 valence electrons. The van der Waals surface area contributed by atoms with Crippen LogP contribution >= 0.6 is 23.2 Å². The summed E-state index contributed by atoms with van der Waals surface area (Å²) in [5.74, 6) is 0.419. The van der Waals surface area contributed by atoms with E-state index in [-0.39, 0.29) is 5.28 Å². The predicted molar refractivity (Wildman–Crippen MR) is 61.4 cm³/mol. The molecule has 15 heavy (non-hydrogen) atoms. The Kier molecular flexibility index (Phi) is 3.76. The van der Waals surface area contributed by atoms with Crippen LogP contribution in [0.15, 0.2) is 6.20 Å². The molecule has 0 radical (unpaired) electrons. The van der Waals surface area contributed by atoms with Crippen molar-refractivity contribution in [2.75, 3.05) is 5.32 Å². The lowest BCUT2D eigenvalue weighted by molar-refractivity contribution is 0.133. The van der Waals surface area contributed by atoms with Gasteiger partial charge in [-0.3, -0.25) is 0 Å². The molecule has 1 atom stereocenters. The third-order valence-corrected chi connectivity index (χ3v) is 2.66. The highest BCUT2D eigenvalue weighted by molar-refractivity contribution is 6.33. The summed E-state index contributed by atoms with van der Waals surface area (Å²) in [4.78, 5) is 7.67. The first-order valence-corrected chi connectivity index (χ1v) is 5.23. The number of rotatable bonds is 3. The molecule has 6 heteroatoms. The smallest absolute Gasteiger partial charge is 0.224 e. The molecule has 1 heterocycles. The fraction of sp³-hybridized carbons (Fsp3) is 0.556. The molecule has 0 aliphatic carbocycles. The second-order valence-electron chi connectivity index (χ2n) is 3.86. The normalized spacial score (nSPS) is 13.7. The lowest BCUT2D eigenvalue weighted by Crippen LogP contribution is -2.42. The third-order valence-electron chi connectivity index (χ3n) is 2.20. The van der Waals surface area contributed by atoms with Gasteiger partial charge >= 0.3 is 0 Å². The topological polar surface area (TPSA) is 58.0 Å². The summed E-state index contributed by atoms with van der Waals surface area (Å²) in [5.41, 5.74) is -0.540. The van der Waals surface area contributed by atoms with Crippen LogP contribution in [0.4, 0.5) is 5.82 Å². The van der Waals surface area contributed by atoms with Gasteiger partial charge in [-0.1, -0.05) is 11.6 Å². The van der Waals surface area contributed by atoms with Crippen molar-refractivity contribution in [3.63, 3.8) is 0 Å². The molecule has 0 saturated heterocycles. The van der Waals surface area contributed by atoms with Crippen LogP contribution in [0.25, 0.3) is 0 Å². The van der Waals surface area contributed by atoms with Crippen LogP contribution in [0.5, 0.6) is 0 Å². The van der Waals surface area contributed by atoms with E-state index in [4.69, 9.17) is 23.2 Å². The fourth-order valence-electron chi connectivity index (χ4n) is 0.843. The van der Waals surface area contributed by atoms with Gasteiger partial charge in [0.05, 0.1) is 17.8 Å². The van der Waals surface area contributed by atoms with Gasteiger partial charge in [-0.15, -0.1) is 0 Å². The molecular formula is C9H13Cl2N3O. The van der Waals surface area contributed by atoms with Crippen molar-refractivity contribution in [1.82, 2.24) is 9.97 Å². The van der Waals surface area contributed by atoms with Gasteiger partial charge in [0.2, 0.25) is 5.28 Å². The molecule has 1 aromatic rings. The first-order chi connectivity index (χ1) is 6.83. The molecule has 0 bridgehead atoms. The number of hydrogen-bond acceptors (Lipinski definition) is 4. The second kappa shape index (κ2) is 4.51. The van der Waals surface area contributed by atoms with Crippen molar-refractivity contribution in [1.29, 1.82) is 0 Å². The number of anilines is 1. The molecule has 1 unspecified atom stereocenters. The molecule has 0 aromatic carbocycles. The molecule has 2 N–H and O–H groups in total. The third kappa shape index (κ3) is 3.19. The Balaban J connectivity index is 2.94. The first-order valence-electron chi connectivity index (χ1n) is 4.47. The van der Waals surface area contributed by atoms with Crippen LogP contribution in [0.1, 0.15) is 20.8 Å². The monoisotopic (exact) mass is 249 g/mol. The van der Waals surface area contributed by atoms with Crippen LogP contribution in [0, 0.1) is 0 Å². The van der Waals surface area contributed by atoms with E-state index in [0.717, 1.165) is 0 Å². The Morgan fingerprint density at radius 3 is 2.60 bits per heavy atom. The van der Waals surface area contributed by atoms with Gasteiger partial charge in [0.1, 0.15) is 10.8 Å². The highest BCUT2D eigenvalue weighted by Gasteiger charge is 2.25. The SMILES string of the molecule is CC(O)C(C)(C)Nc1nc(Cl)ncc1Cl. The Hall–Kier alpha value is -0.580. The second-order valence-corrected chi connectivity index (χ2v) is 4.60. The highest BCUT2D eigenvalue weighted by atomic mass is 35.5. The predicted octanol–water partition coefficient (Wildman–Crippen LogP) is 2.35. The van der Waals surface area contributed by atoms with Gasteiger partial charge in [0.15, 0.2) is 0 Å². The fourth-order valence-corrected chi connectivity index (χ4v) is 1.11. The van der Waals surface area contributed by atoms with Crippen molar-refractivity contribution in [3.8, 4) is 0 Å². The zero-order valence-corrected chi connectivity index (χ0v) is 10.3. The maximum absolute atomic E-state index is 9.52. The number of aromatic nitrogens is 2. The minimum Gasteiger partial charge on any atom is -0.391 e. The van der Waals surface area contributed by atoms with Crippen molar-refractivity contribution in [3.05, 3.63) is 16.5 Å². The van der Waals surface area contributed by atoms with Crippen molar-refractivity contribution >= 4 is 29.0 Å². The van der Waals surface area contributed by atoms with Gasteiger partial charge in [-0.05, 0) is 32.4 Å². The van der Waals surface area contributed by atoms with Crippen LogP contribution < -0.4 is 5.32 Å². The number of nitrogens with zero attached hydrogens (tertiary/aromatic N) is 2. The van der Waals surface area contributed by atoms with E-state index >= 15 is 0 Å². The van der Waals surface area contributed by atoms with E-state index in [1.54, 1.807) is 6.92 Å². The summed E-state index contributed by atoms with van der Waals surface area (Å²) in [6.45, 7) is 5.36. The Labute approximate surface area is 98.6 Å². The van der Waals surface area contributed by atoms with Crippen LogP contribution in [-0.4, -0.2) is 26.7 Å². The molecule has 1 aromatic heterocycles. The maximum atomic E-state index is 9.52. The minimum atomic E-state index is -0.553. The average molecular weight is 250 g/mol. The van der Waals surface area contributed by atoms with Gasteiger partial charge in [0, 0.05) is 0 Å². The van der Waals surface area contributed by atoms with E-state index in [1.807, 2.05) is 13.8 Å². The lowest BCUT2D eigenvalue weighted by atomic mass is 9.99. The summed E-state index contributed by atoms with van der Waals surface area (Å²) < 4.78 is 0. The number of hydrogen-bond donors (Lipinski definition) is 2. The van der Waals surface area contributed by atoms with E-state index < -0.39 is 11.6 Å². The molecule has 0 amide bonds. The Morgan fingerprint density at radius 1 is 1.47 bits per heavy atom. The quantitative estimate of drug-likeness (QED) is 0.808. The molecule has 0 aliphatic rings. The number of halogens is 2. The Morgan fingerprint density at radius 2 is 2.07 bits per heavy atom. The van der Waals surface area contributed by atoms with Gasteiger partial charge in [-0.25, -0.2) is 4.98 Å². The largest absolute Gasteiger partial charge is 0.391 e. The maximum Gasteiger partial charge on any atom is 0.224 e. The van der Waals surface area contributed by atoms with Crippen LogP contribution in [0.2, 0.25) is 10.3 Å². The first kappa shape index (κ1) is 12.5. The van der Waals surface area contributed by atoms with E-state index in [2.05, 4.69) is 15.3 Å². The van der Waals surface area contributed by atoms with Crippen LogP contribution in [0.3, 0.4) is 0 Å². The molecule has 0 spiro atoms. The van der Waals surface area contributed by atoms with Crippen molar-refractivity contribution in [2.24, 2.45) is 0 Å². The Bertz CT molecular complexity index is 355.